The van der Waals surface area contributed by atoms with Crippen molar-refractivity contribution in [2.45, 2.75) is 46.6 Å². The number of guanidine groups is 1. The second-order valence-electron chi connectivity index (χ2n) is 7.83. The molecule has 0 saturated carbocycles. The zero-order valence-electron chi connectivity index (χ0n) is 18.1. The minimum Gasteiger partial charge on any atom is -0.357 e. The predicted molar refractivity (Wildman–Crippen MR) is 131 cm³/mol. The Balaban J connectivity index is 0.00000392. The highest BCUT2D eigenvalue weighted by Gasteiger charge is 2.14. The minimum atomic E-state index is 0. The van der Waals surface area contributed by atoms with Crippen LogP contribution in [0.2, 0.25) is 0 Å². The van der Waals surface area contributed by atoms with Gasteiger partial charge < -0.3 is 20.4 Å². The Kier molecular flexibility index (Phi) is 12.5. The molecule has 6 nitrogen and oxygen atoms in total. The first-order valence-electron chi connectivity index (χ1n) is 10.5. The lowest BCUT2D eigenvalue weighted by Gasteiger charge is -2.33. The van der Waals surface area contributed by atoms with Crippen LogP contribution < -0.4 is 15.5 Å². The summed E-state index contributed by atoms with van der Waals surface area (Å²) in [4.78, 5) is 14.1. The Morgan fingerprint density at radius 2 is 1.89 bits per heavy atom. The van der Waals surface area contributed by atoms with Crippen LogP contribution in [0.3, 0.4) is 0 Å². The van der Waals surface area contributed by atoms with Crippen LogP contribution in [-0.2, 0) is 6.54 Å². The van der Waals surface area contributed by atoms with Crippen LogP contribution >= 0.6 is 24.0 Å². The molecule has 1 aliphatic heterocycles. The molecule has 1 aliphatic rings. The van der Waals surface area contributed by atoms with Crippen molar-refractivity contribution in [3.8, 4) is 0 Å². The third-order valence-electron chi connectivity index (χ3n) is 4.90. The highest BCUT2D eigenvalue weighted by atomic mass is 127. The summed E-state index contributed by atoms with van der Waals surface area (Å²) in [6.07, 6.45) is 5.70. The van der Waals surface area contributed by atoms with Gasteiger partial charge in [0, 0.05) is 45.5 Å². The number of aromatic nitrogens is 1. The molecule has 2 rings (SSSR count). The van der Waals surface area contributed by atoms with E-state index >= 15 is 0 Å². The fraction of sp³-hybridized carbons (Fsp3) is 0.714. The lowest BCUT2D eigenvalue weighted by atomic mass is 10.1. The second-order valence-corrected chi connectivity index (χ2v) is 7.83. The van der Waals surface area contributed by atoms with Gasteiger partial charge in [-0.25, -0.2) is 9.98 Å². The normalized spacial score (nSPS) is 15.5. The first-order chi connectivity index (χ1) is 13.1. The number of pyridine rings is 1. The van der Waals surface area contributed by atoms with Crippen LogP contribution in [0.4, 0.5) is 5.82 Å². The highest BCUT2D eigenvalue weighted by Crippen LogP contribution is 2.14. The molecule has 2 heterocycles. The molecule has 0 atom stereocenters. The third kappa shape index (κ3) is 9.41. The number of likely N-dealkylation sites (N-methyl/N-ethyl adjacent to an activating group) is 1. The van der Waals surface area contributed by atoms with Gasteiger partial charge in [-0.15, -0.1) is 24.0 Å². The monoisotopic (exact) mass is 502 g/mol. The van der Waals surface area contributed by atoms with Crippen LogP contribution in [0.25, 0.3) is 0 Å². The molecular weight excluding hydrogens is 463 g/mol. The van der Waals surface area contributed by atoms with Gasteiger partial charge in [0.15, 0.2) is 5.96 Å². The standard InChI is InChI=1S/C21H38N6.HI/c1-5-22-21(23-11-7-6-8-18(2)3)25-17-19-9-10-20(24-16-19)27-14-12-26(4)13-15-27;/h9-10,16,18H,5-8,11-15,17H2,1-4H3,(H2,22,23,25);1H. The summed E-state index contributed by atoms with van der Waals surface area (Å²) in [5, 5.41) is 6.76. The van der Waals surface area contributed by atoms with Crippen molar-refractivity contribution in [1.29, 1.82) is 0 Å². The molecule has 1 saturated heterocycles. The first-order valence-corrected chi connectivity index (χ1v) is 10.5. The summed E-state index contributed by atoms with van der Waals surface area (Å²) in [6, 6.07) is 4.28. The Morgan fingerprint density at radius 1 is 1.14 bits per heavy atom. The summed E-state index contributed by atoms with van der Waals surface area (Å²) in [5.74, 6) is 2.75. The van der Waals surface area contributed by atoms with Crippen LogP contribution in [0.5, 0.6) is 0 Å². The van der Waals surface area contributed by atoms with Crippen LogP contribution in [0.1, 0.15) is 45.6 Å². The minimum absolute atomic E-state index is 0. The van der Waals surface area contributed by atoms with Gasteiger partial charge in [0.05, 0.1) is 6.54 Å². The molecule has 28 heavy (non-hydrogen) atoms. The topological polar surface area (TPSA) is 55.8 Å². The molecule has 0 spiro atoms. The average Bonchev–Trinajstić information content (AvgIpc) is 2.66. The summed E-state index contributed by atoms with van der Waals surface area (Å²) in [7, 11) is 2.17. The van der Waals surface area contributed by atoms with E-state index in [1.807, 2.05) is 6.20 Å². The van der Waals surface area contributed by atoms with Crippen molar-refractivity contribution >= 4 is 35.8 Å². The van der Waals surface area contributed by atoms with Gasteiger partial charge in [-0.3, -0.25) is 0 Å². The zero-order chi connectivity index (χ0) is 19.5. The lowest BCUT2D eigenvalue weighted by Crippen LogP contribution is -2.44. The average molecular weight is 502 g/mol. The van der Waals surface area contributed by atoms with Crippen molar-refractivity contribution in [2.75, 3.05) is 51.2 Å². The molecule has 1 aromatic rings. The van der Waals surface area contributed by atoms with E-state index in [1.54, 1.807) is 0 Å². The zero-order valence-corrected chi connectivity index (χ0v) is 20.4. The largest absolute Gasteiger partial charge is 0.357 e. The van der Waals surface area contributed by atoms with Gasteiger partial charge in [-0.2, -0.15) is 0 Å². The van der Waals surface area contributed by atoms with Crippen molar-refractivity contribution in [3.05, 3.63) is 23.9 Å². The van der Waals surface area contributed by atoms with E-state index in [9.17, 15) is 0 Å². The van der Waals surface area contributed by atoms with Gasteiger partial charge in [0.1, 0.15) is 5.82 Å². The predicted octanol–water partition coefficient (Wildman–Crippen LogP) is 3.33. The highest BCUT2D eigenvalue weighted by molar-refractivity contribution is 14.0. The second kappa shape index (κ2) is 14.0. The molecule has 0 aromatic carbocycles. The van der Waals surface area contributed by atoms with Gasteiger partial charge in [0.2, 0.25) is 0 Å². The number of nitrogens with zero attached hydrogens (tertiary/aromatic N) is 4. The molecule has 0 bridgehead atoms. The van der Waals surface area contributed by atoms with Crippen molar-refractivity contribution in [1.82, 2.24) is 20.5 Å². The number of nitrogens with one attached hydrogen (secondary N) is 2. The molecular formula is C21H39IN6. The molecule has 0 amide bonds. The van der Waals surface area contributed by atoms with E-state index in [4.69, 9.17) is 4.99 Å². The molecule has 0 radical (unpaired) electrons. The van der Waals surface area contributed by atoms with Gasteiger partial charge >= 0.3 is 0 Å². The van der Waals surface area contributed by atoms with E-state index in [0.717, 1.165) is 62.5 Å². The van der Waals surface area contributed by atoms with E-state index in [0.29, 0.717) is 6.54 Å². The SMILES string of the molecule is CCNC(=NCc1ccc(N2CCN(C)CC2)nc1)NCCCCC(C)C.I. The number of hydrogen-bond donors (Lipinski definition) is 2. The Bertz CT molecular complexity index is 553. The van der Waals surface area contributed by atoms with E-state index in [2.05, 4.69) is 65.4 Å². The van der Waals surface area contributed by atoms with Crippen LogP contribution in [-0.4, -0.2) is 62.2 Å². The number of piperazine rings is 1. The summed E-state index contributed by atoms with van der Waals surface area (Å²) < 4.78 is 0. The number of anilines is 1. The van der Waals surface area contributed by atoms with Gasteiger partial charge in [-0.05, 0) is 37.9 Å². The molecule has 1 fully saturated rings. The first kappa shape index (κ1) is 24.9. The van der Waals surface area contributed by atoms with Gasteiger partial charge in [-0.1, -0.05) is 32.8 Å². The van der Waals surface area contributed by atoms with E-state index < -0.39 is 0 Å². The number of unbranched alkanes of at least 4 members (excludes halogenated alkanes) is 1. The fourth-order valence-corrected chi connectivity index (χ4v) is 3.13. The number of aliphatic imine (C=N–C) groups is 1. The third-order valence-corrected chi connectivity index (χ3v) is 4.90. The molecule has 2 N–H and O–H groups in total. The fourth-order valence-electron chi connectivity index (χ4n) is 3.13. The summed E-state index contributed by atoms with van der Waals surface area (Å²) in [6.45, 7) is 13.4. The quantitative estimate of drug-likeness (QED) is 0.235. The maximum absolute atomic E-state index is 4.70. The lowest BCUT2D eigenvalue weighted by molar-refractivity contribution is 0.312. The molecule has 0 aliphatic carbocycles. The van der Waals surface area contributed by atoms with Crippen molar-refractivity contribution in [2.24, 2.45) is 10.9 Å². The summed E-state index contributed by atoms with van der Waals surface area (Å²) >= 11 is 0. The molecule has 1 aromatic heterocycles. The maximum atomic E-state index is 4.70. The Hall–Kier alpha value is -1.09. The van der Waals surface area contributed by atoms with E-state index in [1.165, 1.54) is 19.3 Å². The van der Waals surface area contributed by atoms with Crippen LogP contribution in [0.15, 0.2) is 23.3 Å². The molecule has 0 unspecified atom stereocenters. The maximum Gasteiger partial charge on any atom is 0.191 e. The van der Waals surface area contributed by atoms with Crippen molar-refractivity contribution in [3.63, 3.8) is 0 Å². The summed E-state index contributed by atoms with van der Waals surface area (Å²) in [5.41, 5.74) is 1.14. The number of hydrogen-bond acceptors (Lipinski definition) is 4. The van der Waals surface area contributed by atoms with E-state index in [-0.39, 0.29) is 24.0 Å². The van der Waals surface area contributed by atoms with Crippen LogP contribution in [0, 0.1) is 5.92 Å². The molecule has 160 valence electrons. The van der Waals surface area contributed by atoms with Gasteiger partial charge in [0.25, 0.3) is 0 Å². The smallest absolute Gasteiger partial charge is 0.191 e. The Labute approximate surface area is 188 Å². The Morgan fingerprint density at radius 3 is 2.50 bits per heavy atom. The number of halogens is 1. The van der Waals surface area contributed by atoms with Crippen molar-refractivity contribution < 1.29 is 0 Å². The number of rotatable bonds is 9. The molecule has 7 heteroatoms.